The highest BCUT2D eigenvalue weighted by Gasteiger charge is 2.21. The van der Waals surface area contributed by atoms with Crippen LogP contribution in [0.25, 0.3) is 0 Å². The summed E-state index contributed by atoms with van der Waals surface area (Å²) in [5, 5.41) is 6.30. The largest absolute Gasteiger partial charge is 0.466 e. The molecular formula is C11H15BrN2O2. The Morgan fingerprint density at radius 3 is 3.06 bits per heavy atom. The van der Waals surface area contributed by atoms with Crippen LogP contribution in [0.15, 0.2) is 21.2 Å². The third-order valence-electron chi connectivity index (χ3n) is 2.79. The van der Waals surface area contributed by atoms with E-state index in [4.69, 9.17) is 4.42 Å². The van der Waals surface area contributed by atoms with E-state index in [0.29, 0.717) is 19.0 Å². The van der Waals surface area contributed by atoms with Gasteiger partial charge in [0.25, 0.3) is 0 Å². The number of hydrogen-bond donors (Lipinski definition) is 2. The van der Waals surface area contributed by atoms with Crippen molar-refractivity contribution in [3.8, 4) is 0 Å². The van der Waals surface area contributed by atoms with Crippen LogP contribution in [0.2, 0.25) is 0 Å². The number of halogens is 1. The quantitative estimate of drug-likeness (QED) is 0.893. The first-order chi connectivity index (χ1) is 7.66. The Hall–Kier alpha value is -0.810. The van der Waals surface area contributed by atoms with Crippen LogP contribution in [0.4, 0.5) is 0 Å². The molecule has 16 heavy (non-hydrogen) atoms. The van der Waals surface area contributed by atoms with Crippen molar-refractivity contribution in [2.45, 2.75) is 31.8 Å². The van der Waals surface area contributed by atoms with Crippen LogP contribution in [0.1, 0.15) is 31.6 Å². The summed E-state index contributed by atoms with van der Waals surface area (Å²) in [6, 6.07) is 2.35. The van der Waals surface area contributed by atoms with Gasteiger partial charge in [-0.1, -0.05) is 0 Å². The molecule has 1 aliphatic heterocycles. The van der Waals surface area contributed by atoms with Gasteiger partial charge in [-0.3, -0.25) is 4.79 Å². The summed E-state index contributed by atoms with van der Waals surface area (Å²) in [6.07, 6.45) is 3.15. The molecule has 1 aromatic heterocycles. The molecule has 2 heterocycles. The van der Waals surface area contributed by atoms with E-state index in [1.54, 1.807) is 6.26 Å². The molecular weight excluding hydrogens is 272 g/mol. The Labute approximate surface area is 103 Å². The maximum absolute atomic E-state index is 11.0. The van der Waals surface area contributed by atoms with Crippen LogP contribution in [0.5, 0.6) is 0 Å². The molecule has 2 unspecified atom stereocenters. The van der Waals surface area contributed by atoms with Crippen molar-refractivity contribution in [2.75, 3.05) is 6.54 Å². The van der Waals surface area contributed by atoms with E-state index in [9.17, 15) is 4.79 Å². The summed E-state index contributed by atoms with van der Waals surface area (Å²) in [4.78, 5) is 11.0. The molecule has 1 saturated heterocycles. The van der Waals surface area contributed by atoms with Gasteiger partial charge in [-0.05, 0) is 35.3 Å². The molecule has 1 aromatic rings. The predicted octanol–water partition coefficient (Wildman–Crippen LogP) is 1.97. The number of amides is 1. The molecule has 1 fully saturated rings. The van der Waals surface area contributed by atoms with Crippen molar-refractivity contribution in [2.24, 2.45) is 0 Å². The highest BCUT2D eigenvalue weighted by molar-refractivity contribution is 9.10. The van der Waals surface area contributed by atoms with E-state index in [0.717, 1.165) is 16.7 Å². The van der Waals surface area contributed by atoms with Crippen LogP contribution in [-0.2, 0) is 4.79 Å². The minimum Gasteiger partial charge on any atom is -0.466 e. The summed E-state index contributed by atoms with van der Waals surface area (Å²) < 4.78 is 6.37. The number of rotatable bonds is 3. The van der Waals surface area contributed by atoms with E-state index in [-0.39, 0.29) is 11.9 Å². The molecule has 0 bridgehead atoms. The van der Waals surface area contributed by atoms with Crippen molar-refractivity contribution < 1.29 is 9.21 Å². The van der Waals surface area contributed by atoms with E-state index in [1.807, 2.05) is 6.07 Å². The average molecular weight is 287 g/mol. The Kier molecular flexibility index (Phi) is 3.66. The lowest BCUT2D eigenvalue weighted by atomic mass is 10.1. The molecule has 2 atom stereocenters. The predicted molar refractivity (Wildman–Crippen MR) is 64.0 cm³/mol. The normalized spacial score (nSPS) is 22.9. The van der Waals surface area contributed by atoms with Crippen LogP contribution in [-0.4, -0.2) is 18.5 Å². The lowest BCUT2D eigenvalue weighted by Gasteiger charge is -2.26. The second-order valence-electron chi connectivity index (χ2n) is 4.06. The van der Waals surface area contributed by atoms with Crippen LogP contribution in [0.3, 0.4) is 0 Å². The summed E-state index contributed by atoms with van der Waals surface area (Å²) in [5.74, 6) is 1.04. The molecule has 0 aliphatic carbocycles. The number of furan rings is 1. The molecule has 0 saturated carbocycles. The molecule has 2 N–H and O–H groups in total. The van der Waals surface area contributed by atoms with Crippen molar-refractivity contribution in [1.29, 1.82) is 0 Å². The summed E-state index contributed by atoms with van der Waals surface area (Å²) >= 11 is 3.44. The zero-order chi connectivity index (χ0) is 11.5. The number of carbonyl (C=O) groups is 1. The Morgan fingerprint density at radius 1 is 1.69 bits per heavy atom. The van der Waals surface area contributed by atoms with Crippen molar-refractivity contribution >= 4 is 21.8 Å². The highest BCUT2D eigenvalue weighted by atomic mass is 79.9. The second kappa shape index (κ2) is 5.01. The first kappa shape index (κ1) is 11.7. The molecule has 0 aromatic carbocycles. The minimum absolute atomic E-state index is 0.143. The molecule has 4 nitrogen and oxygen atoms in total. The minimum atomic E-state index is 0.143. The Morgan fingerprint density at radius 2 is 2.50 bits per heavy atom. The van der Waals surface area contributed by atoms with Gasteiger partial charge >= 0.3 is 0 Å². The number of piperidine rings is 1. The standard InChI is InChI=1S/C11H15BrN2O2/c1-7(11-9(12)4-5-16-11)14-8-2-3-10(15)13-6-8/h4-5,7-8,14H,2-3,6H2,1H3,(H,13,15). The molecule has 0 radical (unpaired) electrons. The average Bonchev–Trinajstić information content (AvgIpc) is 2.68. The molecule has 5 heteroatoms. The SMILES string of the molecule is CC(NC1CCC(=O)NC1)c1occc1Br. The van der Waals surface area contributed by atoms with Gasteiger partial charge in [0.1, 0.15) is 5.76 Å². The smallest absolute Gasteiger partial charge is 0.220 e. The third kappa shape index (κ3) is 2.65. The van der Waals surface area contributed by atoms with E-state index in [2.05, 4.69) is 33.5 Å². The lowest BCUT2D eigenvalue weighted by Crippen LogP contribution is -2.46. The van der Waals surface area contributed by atoms with Gasteiger partial charge in [-0.15, -0.1) is 0 Å². The van der Waals surface area contributed by atoms with Crippen molar-refractivity contribution in [3.05, 3.63) is 22.6 Å². The molecule has 1 amide bonds. The van der Waals surface area contributed by atoms with Crippen LogP contribution in [0, 0.1) is 0 Å². The maximum atomic E-state index is 11.0. The number of nitrogens with one attached hydrogen (secondary N) is 2. The molecule has 88 valence electrons. The zero-order valence-electron chi connectivity index (χ0n) is 9.13. The second-order valence-corrected chi connectivity index (χ2v) is 4.92. The van der Waals surface area contributed by atoms with Gasteiger partial charge in [0.15, 0.2) is 0 Å². The first-order valence-electron chi connectivity index (χ1n) is 5.42. The number of hydrogen-bond acceptors (Lipinski definition) is 3. The van der Waals surface area contributed by atoms with Gasteiger partial charge in [0, 0.05) is 19.0 Å². The zero-order valence-corrected chi connectivity index (χ0v) is 10.7. The fourth-order valence-electron chi connectivity index (χ4n) is 1.92. The molecule has 2 rings (SSSR count). The van der Waals surface area contributed by atoms with Gasteiger partial charge in [-0.2, -0.15) is 0 Å². The first-order valence-corrected chi connectivity index (χ1v) is 6.21. The monoisotopic (exact) mass is 286 g/mol. The van der Waals surface area contributed by atoms with Crippen LogP contribution >= 0.6 is 15.9 Å². The van der Waals surface area contributed by atoms with Gasteiger partial charge in [0.2, 0.25) is 5.91 Å². The van der Waals surface area contributed by atoms with E-state index < -0.39 is 0 Å². The van der Waals surface area contributed by atoms with Gasteiger partial charge in [0.05, 0.1) is 16.8 Å². The van der Waals surface area contributed by atoms with E-state index in [1.165, 1.54) is 0 Å². The van der Waals surface area contributed by atoms with Crippen molar-refractivity contribution in [1.82, 2.24) is 10.6 Å². The highest BCUT2D eigenvalue weighted by Crippen LogP contribution is 2.24. The Bertz CT molecular complexity index is 368. The summed E-state index contributed by atoms with van der Waals surface area (Å²) in [5.41, 5.74) is 0. The number of carbonyl (C=O) groups excluding carboxylic acids is 1. The van der Waals surface area contributed by atoms with Crippen molar-refractivity contribution in [3.63, 3.8) is 0 Å². The molecule has 1 aliphatic rings. The van der Waals surface area contributed by atoms with E-state index >= 15 is 0 Å². The fraction of sp³-hybridized carbons (Fsp3) is 0.545. The van der Waals surface area contributed by atoms with Gasteiger partial charge in [-0.25, -0.2) is 0 Å². The Balaban J connectivity index is 1.90. The van der Waals surface area contributed by atoms with Gasteiger partial charge < -0.3 is 15.1 Å². The summed E-state index contributed by atoms with van der Waals surface area (Å²) in [7, 11) is 0. The van der Waals surface area contributed by atoms with Crippen LogP contribution < -0.4 is 10.6 Å². The molecule has 0 spiro atoms. The fourth-order valence-corrected chi connectivity index (χ4v) is 2.46. The summed E-state index contributed by atoms with van der Waals surface area (Å²) in [6.45, 7) is 2.75. The lowest BCUT2D eigenvalue weighted by molar-refractivity contribution is -0.122. The topological polar surface area (TPSA) is 54.3 Å². The maximum Gasteiger partial charge on any atom is 0.220 e. The third-order valence-corrected chi connectivity index (χ3v) is 3.44.